The number of likely N-dealkylation sites (N-methyl/N-ethyl adjacent to an activating group) is 1. The van der Waals surface area contributed by atoms with Crippen LogP contribution in [0, 0.1) is 0 Å². The summed E-state index contributed by atoms with van der Waals surface area (Å²) in [5.41, 5.74) is 0.827. The fourth-order valence-corrected chi connectivity index (χ4v) is 2.36. The van der Waals surface area contributed by atoms with E-state index in [1.165, 1.54) is 0 Å². The van der Waals surface area contributed by atoms with E-state index in [-0.39, 0.29) is 12.6 Å². The minimum Gasteiger partial charge on any atom is -0.348 e. The monoisotopic (exact) mass is 337 g/mol. The molecule has 2 rings (SSSR count). The van der Waals surface area contributed by atoms with Gasteiger partial charge in [0.2, 0.25) is 5.91 Å². The number of carbonyl (C=O) groups is 4. The molecule has 1 atom stereocenters. The van der Waals surface area contributed by atoms with Crippen LogP contribution in [-0.2, 0) is 14.4 Å². The van der Waals surface area contributed by atoms with Gasteiger partial charge in [-0.3, -0.25) is 19.3 Å². The zero-order valence-corrected chi connectivity index (χ0v) is 13.5. The smallest absolute Gasteiger partial charge is 0.334 e. The first-order valence-electron chi connectivity index (χ1n) is 7.07. The number of benzene rings is 1. The summed E-state index contributed by atoms with van der Waals surface area (Å²) in [6.45, 7) is 2.94. The van der Waals surface area contributed by atoms with E-state index in [4.69, 9.17) is 11.6 Å². The maximum absolute atomic E-state index is 12.0. The van der Waals surface area contributed by atoms with E-state index in [9.17, 15) is 19.2 Å². The highest BCUT2D eigenvalue weighted by Gasteiger charge is 2.44. The highest BCUT2D eigenvalue weighted by Crippen LogP contribution is 2.16. The molecule has 0 saturated carbocycles. The maximum atomic E-state index is 12.0. The van der Waals surface area contributed by atoms with Gasteiger partial charge < -0.3 is 5.32 Å². The standard InChI is InChI=1S/C15H16ClN3O4/c1-3-18-13(21)14(22)19(15(18)23)8-12(20)17-9(2)10-4-6-11(16)7-5-10/h4-7,9H,3,8H2,1-2H3,(H,17,20)/t9-/m0/s1. The van der Waals surface area contributed by atoms with Gasteiger partial charge in [0.1, 0.15) is 6.54 Å². The predicted molar refractivity (Wildman–Crippen MR) is 82.5 cm³/mol. The zero-order chi connectivity index (χ0) is 17.1. The third-order valence-electron chi connectivity index (χ3n) is 3.50. The number of amides is 5. The van der Waals surface area contributed by atoms with E-state index in [0.29, 0.717) is 9.92 Å². The third-order valence-corrected chi connectivity index (χ3v) is 3.75. The summed E-state index contributed by atoms with van der Waals surface area (Å²) in [6, 6.07) is 5.83. The van der Waals surface area contributed by atoms with E-state index >= 15 is 0 Å². The molecule has 1 heterocycles. The van der Waals surface area contributed by atoms with Gasteiger partial charge in [-0.25, -0.2) is 9.69 Å². The molecule has 23 heavy (non-hydrogen) atoms. The van der Waals surface area contributed by atoms with Crippen molar-refractivity contribution in [3.63, 3.8) is 0 Å². The number of halogens is 1. The van der Waals surface area contributed by atoms with E-state index in [0.717, 1.165) is 10.5 Å². The molecular formula is C15H16ClN3O4. The summed E-state index contributed by atoms with van der Waals surface area (Å²) in [7, 11) is 0. The third kappa shape index (κ3) is 3.50. The molecule has 1 aliphatic heterocycles. The quantitative estimate of drug-likeness (QED) is 0.648. The van der Waals surface area contributed by atoms with Gasteiger partial charge in [-0.15, -0.1) is 0 Å². The van der Waals surface area contributed by atoms with E-state index in [2.05, 4.69) is 5.32 Å². The molecule has 1 aromatic carbocycles. The number of imide groups is 2. The Balaban J connectivity index is 1.99. The van der Waals surface area contributed by atoms with Gasteiger partial charge in [0.15, 0.2) is 0 Å². The molecule has 0 unspecified atom stereocenters. The second-order valence-corrected chi connectivity index (χ2v) is 5.50. The van der Waals surface area contributed by atoms with Gasteiger partial charge in [-0.2, -0.15) is 0 Å². The second-order valence-electron chi connectivity index (χ2n) is 5.06. The lowest BCUT2D eigenvalue weighted by molar-refractivity contribution is -0.144. The van der Waals surface area contributed by atoms with Crippen LogP contribution >= 0.6 is 11.6 Å². The summed E-state index contributed by atoms with van der Waals surface area (Å²) in [5.74, 6) is -2.41. The molecule has 1 saturated heterocycles. The Morgan fingerprint density at radius 2 is 1.70 bits per heavy atom. The van der Waals surface area contributed by atoms with Gasteiger partial charge >= 0.3 is 17.8 Å². The lowest BCUT2D eigenvalue weighted by Gasteiger charge is -2.17. The molecule has 0 aromatic heterocycles. The maximum Gasteiger partial charge on any atom is 0.334 e. The van der Waals surface area contributed by atoms with Crippen LogP contribution in [0.2, 0.25) is 5.02 Å². The molecule has 122 valence electrons. The van der Waals surface area contributed by atoms with Crippen molar-refractivity contribution in [3.8, 4) is 0 Å². The van der Waals surface area contributed by atoms with Crippen molar-refractivity contribution in [2.24, 2.45) is 0 Å². The topological polar surface area (TPSA) is 86.8 Å². The number of hydrogen-bond donors (Lipinski definition) is 1. The fraction of sp³-hybridized carbons (Fsp3) is 0.333. The van der Waals surface area contributed by atoms with Gasteiger partial charge in [-0.05, 0) is 31.5 Å². The van der Waals surface area contributed by atoms with Crippen LogP contribution in [0.3, 0.4) is 0 Å². The first kappa shape index (κ1) is 17.0. The number of carbonyl (C=O) groups excluding carboxylic acids is 4. The Bertz CT molecular complexity index is 659. The summed E-state index contributed by atoms with van der Waals surface area (Å²) in [5, 5.41) is 3.26. The Kier molecular flexibility index (Phi) is 5.00. The molecule has 0 radical (unpaired) electrons. The van der Waals surface area contributed by atoms with Crippen molar-refractivity contribution in [3.05, 3.63) is 34.9 Å². The number of hydrogen-bond acceptors (Lipinski definition) is 4. The van der Waals surface area contributed by atoms with Crippen LogP contribution in [0.1, 0.15) is 25.5 Å². The Labute approximate surface area is 138 Å². The largest absolute Gasteiger partial charge is 0.348 e. The number of nitrogens with one attached hydrogen (secondary N) is 1. The molecule has 1 aliphatic rings. The first-order chi connectivity index (χ1) is 10.8. The number of urea groups is 1. The average molecular weight is 338 g/mol. The molecule has 0 bridgehead atoms. The molecule has 0 aliphatic carbocycles. The Morgan fingerprint density at radius 1 is 1.13 bits per heavy atom. The summed E-state index contributed by atoms with van der Waals surface area (Å²) in [6.07, 6.45) is 0. The lowest BCUT2D eigenvalue weighted by Crippen LogP contribution is -2.42. The first-order valence-corrected chi connectivity index (χ1v) is 7.45. The van der Waals surface area contributed by atoms with Crippen LogP contribution in [0.25, 0.3) is 0 Å². The van der Waals surface area contributed by atoms with Crippen molar-refractivity contribution in [1.82, 2.24) is 15.1 Å². The Morgan fingerprint density at radius 3 is 2.22 bits per heavy atom. The predicted octanol–water partition coefficient (Wildman–Crippen LogP) is 1.33. The summed E-state index contributed by atoms with van der Waals surface area (Å²) >= 11 is 5.80. The lowest BCUT2D eigenvalue weighted by atomic mass is 10.1. The Hall–Kier alpha value is -2.41. The van der Waals surface area contributed by atoms with Crippen LogP contribution in [0.15, 0.2) is 24.3 Å². The minimum atomic E-state index is -0.980. The second kappa shape index (κ2) is 6.78. The van der Waals surface area contributed by atoms with Crippen molar-refractivity contribution >= 4 is 35.4 Å². The SMILES string of the molecule is CCN1C(=O)C(=O)N(CC(=O)N[C@@H](C)c2ccc(Cl)cc2)C1=O. The number of rotatable bonds is 5. The van der Waals surface area contributed by atoms with Crippen molar-refractivity contribution in [1.29, 1.82) is 0 Å². The van der Waals surface area contributed by atoms with E-state index in [1.807, 2.05) is 0 Å². The molecule has 1 aromatic rings. The van der Waals surface area contributed by atoms with Gasteiger partial charge in [-0.1, -0.05) is 23.7 Å². The van der Waals surface area contributed by atoms with E-state index in [1.54, 1.807) is 38.1 Å². The van der Waals surface area contributed by atoms with Crippen molar-refractivity contribution in [2.75, 3.05) is 13.1 Å². The molecule has 7 nitrogen and oxygen atoms in total. The van der Waals surface area contributed by atoms with Gasteiger partial charge in [0, 0.05) is 11.6 Å². The van der Waals surface area contributed by atoms with Crippen molar-refractivity contribution < 1.29 is 19.2 Å². The van der Waals surface area contributed by atoms with Gasteiger partial charge in [0.25, 0.3) is 0 Å². The molecule has 8 heteroatoms. The van der Waals surface area contributed by atoms with Crippen molar-refractivity contribution in [2.45, 2.75) is 19.9 Å². The molecular weight excluding hydrogens is 322 g/mol. The van der Waals surface area contributed by atoms with E-state index < -0.39 is 30.3 Å². The summed E-state index contributed by atoms with van der Waals surface area (Å²) < 4.78 is 0. The number of nitrogens with zero attached hydrogens (tertiary/aromatic N) is 2. The summed E-state index contributed by atoms with van der Waals surface area (Å²) in [4.78, 5) is 48.7. The van der Waals surface area contributed by atoms with Crippen LogP contribution in [0.4, 0.5) is 4.79 Å². The zero-order valence-electron chi connectivity index (χ0n) is 12.7. The minimum absolute atomic E-state index is 0.0860. The normalized spacial score (nSPS) is 16.0. The van der Waals surface area contributed by atoms with Crippen LogP contribution in [0.5, 0.6) is 0 Å². The fourth-order valence-electron chi connectivity index (χ4n) is 2.23. The highest BCUT2D eigenvalue weighted by molar-refractivity contribution is 6.45. The highest BCUT2D eigenvalue weighted by atomic mass is 35.5. The molecule has 1 fully saturated rings. The van der Waals surface area contributed by atoms with Crippen LogP contribution in [-0.4, -0.2) is 46.6 Å². The average Bonchev–Trinajstić information content (AvgIpc) is 2.71. The van der Waals surface area contributed by atoms with Gasteiger partial charge in [0.05, 0.1) is 6.04 Å². The van der Waals surface area contributed by atoms with Crippen LogP contribution < -0.4 is 5.32 Å². The molecule has 1 N–H and O–H groups in total. The molecule has 0 spiro atoms. The molecule has 5 amide bonds.